The molecule has 2 heterocycles. The summed E-state index contributed by atoms with van der Waals surface area (Å²) in [6.07, 6.45) is 0.000680. The van der Waals surface area contributed by atoms with Crippen molar-refractivity contribution in [1.82, 2.24) is 4.90 Å². The van der Waals surface area contributed by atoms with Gasteiger partial charge in [0.2, 0.25) is 6.29 Å². The Kier molecular flexibility index (Phi) is 10.7. The van der Waals surface area contributed by atoms with E-state index in [9.17, 15) is 18.8 Å². The number of amides is 2. The van der Waals surface area contributed by atoms with Crippen LogP contribution < -0.4 is 24.4 Å². The minimum Gasteiger partial charge on any atom is -0.496 e. The van der Waals surface area contributed by atoms with Crippen LogP contribution in [-0.2, 0) is 25.7 Å². The van der Waals surface area contributed by atoms with Crippen molar-refractivity contribution in [2.24, 2.45) is 0 Å². The van der Waals surface area contributed by atoms with Gasteiger partial charge >= 0.3 is 12.1 Å². The molecule has 1 saturated heterocycles. The highest BCUT2D eigenvalue weighted by molar-refractivity contribution is 6.08. The number of nitrogens with zero attached hydrogens (tertiary/aromatic N) is 2. The molecule has 5 rings (SSSR count). The summed E-state index contributed by atoms with van der Waals surface area (Å²) in [7, 11) is 3.26. The van der Waals surface area contributed by atoms with Gasteiger partial charge in [-0.2, -0.15) is 0 Å². The third-order valence-electron chi connectivity index (χ3n) is 8.89. The highest BCUT2D eigenvalue weighted by atomic mass is 19.1. The van der Waals surface area contributed by atoms with Gasteiger partial charge in [0.1, 0.15) is 46.9 Å². The summed E-state index contributed by atoms with van der Waals surface area (Å²) in [4.78, 5) is 42.5. The number of hydrogen-bond acceptors (Lipinski definition) is 9. The molecule has 0 saturated carbocycles. The Morgan fingerprint density at radius 2 is 1.78 bits per heavy atom. The van der Waals surface area contributed by atoms with E-state index < -0.39 is 41.4 Å². The van der Waals surface area contributed by atoms with Gasteiger partial charge in [0, 0.05) is 43.3 Å². The molecule has 11 nitrogen and oxygen atoms in total. The van der Waals surface area contributed by atoms with Crippen molar-refractivity contribution in [3.8, 4) is 28.4 Å². The van der Waals surface area contributed by atoms with Gasteiger partial charge in [0.25, 0.3) is 5.91 Å². The highest BCUT2D eigenvalue weighted by Gasteiger charge is 2.40. The summed E-state index contributed by atoms with van der Waals surface area (Å²) in [5.74, 6) is 0.140. The van der Waals surface area contributed by atoms with Crippen LogP contribution in [0.4, 0.5) is 20.6 Å². The molecule has 2 amide bonds. The number of nitrogens with one attached hydrogen (secondary N) is 1. The molecule has 1 N–H and O–H groups in total. The maximum Gasteiger partial charge on any atom is 0.411 e. The smallest absolute Gasteiger partial charge is 0.411 e. The first-order valence-corrected chi connectivity index (χ1v) is 17.2. The fourth-order valence-electron chi connectivity index (χ4n) is 6.38. The van der Waals surface area contributed by atoms with Gasteiger partial charge < -0.3 is 33.9 Å². The lowest BCUT2D eigenvalue weighted by Crippen LogP contribution is -2.52. The molecule has 1 fully saturated rings. The molecule has 12 heteroatoms. The zero-order valence-corrected chi connectivity index (χ0v) is 30.8. The van der Waals surface area contributed by atoms with E-state index in [1.165, 1.54) is 24.1 Å². The fraction of sp³-hybridized carbons (Fsp3) is 0.462. The largest absolute Gasteiger partial charge is 0.496 e. The zero-order chi connectivity index (χ0) is 37.2. The number of aryl methyl sites for hydroxylation is 1. The molecular formula is C39H48FN3O8. The molecule has 0 bridgehead atoms. The third kappa shape index (κ3) is 8.16. The highest BCUT2D eigenvalue weighted by Crippen LogP contribution is 2.45. The predicted molar refractivity (Wildman–Crippen MR) is 192 cm³/mol. The number of esters is 1. The van der Waals surface area contributed by atoms with Crippen molar-refractivity contribution in [1.29, 1.82) is 0 Å². The molecule has 274 valence electrons. The van der Waals surface area contributed by atoms with Crippen molar-refractivity contribution in [3.63, 3.8) is 0 Å². The fourth-order valence-corrected chi connectivity index (χ4v) is 6.38. The van der Waals surface area contributed by atoms with E-state index in [1.54, 1.807) is 50.9 Å². The number of anilines is 2. The van der Waals surface area contributed by atoms with Gasteiger partial charge in [-0.05, 0) is 89.8 Å². The first kappa shape index (κ1) is 37.3. The van der Waals surface area contributed by atoms with Crippen LogP contribution in [0.15, 0.2) is 48.5 Å². The summed E-state index contributed by atoms with van der Waals surface area (Å²) in [5.41, 5.74) is 2.74. The summed E-state index contributed by atoms with van der Waals surface area (Å²) in [6.45, 7) is 13.1. The Bertz CT molecular complexity index is 1800. The number of hydrogen-bond donors (Lipinski definition) is 1. The van der Waals surface area contributed by atoms with E-state index in [2.05, 4.69) is 5.32 Å². The number of benzene rings is 3. The lowest BCUT2D eigenvalue weighted by atomic mass is 9.91. The molecule has 0 aromatic heterocycles. The first-order chi connectivity index (χ1) is 24.0. The van der Waals surface area contributed by atoms with Crippen molar-refractivity contribution < 1.29 is 42.5 Å². The number of methoxy groups -OCH3 is 1. The van der Waals surface area contributed by atoms with Crippen LogP contribution in [0.1, 0.15) is 71.9 Å². The van der Waals surface area contributed by atoms with E-state index in [1.807, 2.05) is 45.9 Å². The number of likely N-dealkylation sites (N-methyl/N-ethyl adjacent to an activating group) is 1. The minimum atomic E-state index is -0.926. The van der Waals surface area contributed by atoms with Gasteiger partial charge in [-0.25, -0.2) is 14.0 Å². The average Bonchev–Trinajstić information content (AvgIpc) is 3.57. The summed E-state index contributed by atoms with van der Waals surface area (Å²) in [5, 5.41) is 3.35. The third-order valence-corrected chi connectivity index (χ3v) is 8.89. The van der Waals surface area contributed by atoms with Crippen LogP contribution in [0.2, 0.25) is 0 Å². The van der Waals surface area contributed by atoms with Crippen molar-refractivity contribution >= 4 is 29.3 Å². The van der Waals surface area contributed by atoms with E-state index in [4.69, 9.17) is 23.7 Å². The number of rotatable bonds is 10. The standard InChI is InChI=1S/C39H48FN3O8/c1-10-33(50-35(44)30-12-11-19-43(30)37(46)51-38(3,4)5)49-25-15-16-27(32(21-25)47-9)26-17-18-29-34(42(8)36(45)39(6,7)41-29)28(26)22-48-31-20-24(40)14-13-23(31)2/h13-18,20-21,30,33,41H,10-12,19,22H2,1-9H3. The number of likely N-dealkylation sites (tertiary alicyclic amines) is 1. The predicted octanol–water partition coefficient (Wildman–Crippen LogP) is 7.61. The molecule has 3 aromatic carbocycles. The summed E-state index contributed by atoms with van der Waals surface area (Å²) < 4.78 is 43.6. The minimum absolute atomic E-state index is 0.0271. The molecule has 2 unspecified atom stereocenters. The van der Waals surface area contributed by atoms with Gasteiger partial charge in [-0.1, -0.05) is 19.1 Å². The Morgan fingerprint density at radius 1 is 1.06 bits per heavy atom. The van der Waals surface area contributed by atoms with Gasteiger partial charge in [0.15, 0.2) is 0 Å². The van der Waals surface area contributed by atoms with Crippen LogP contribution in [0.5, 0.6) is 17.2 Å². The Balaban J connectivity index is 1.43. The van der Waals surface area contributed by atoms with Gasteiger partial charge in [-0.3, -0.25) is 9.69 Å². The van der Waals surface area contributed by atoms with Crippen molar-refractivity contribution in [2.45, 2.75) is 97.8 Å². The molecule has 2 atom stereocenters. The van der Waals surface area contributed by atoms with Crippen LogP contribution in [0, 0.1) is 12.7 Å². The number of halogens is 1. The Labute approximate surface area is 298 Å². The van der Waals surface area contributed by atoms with Crippen LogP contribution in [-0.4, -0.2) is 67.0 Å². The normalized spacial score (nSPS) is 17.3. The summed E-state index contributed by atoms with van der Waals surface area (Å²) >= 11 is 0. The second-order valence-electron chi connectivity index (χ2n) is 14.4. The van der Waals surface area contributed by atoms with E-state index >= 15 is 0 Å². The van der Waals surface area contributed by atoms with Gasteiger partial charge in [-0.15, -0.1) is 0 Å². The second kappa shape index (κ2) is 14.7. The van der Waals surface area contributed by atoms with Crippen LogP contribution in [0.25, 0.3) is 11.1 Å². The molecule has 51 heavy (non-hydrogen) atoms. The number of carbonyl (C=O) groups is 3. The Morgan fingerprint density at radius 3 is 2.47 bits per heavy atom. The number of carbonyl (C=O) groups excluding carboxylic acids is 3. The molecule has 2 aliphatic rings. The topological polar surface area (TPSA) is 116 Å². The van der Waals surface area contributed by atoms with Gasteiger partial charge in [0.05, 0.1) is 18.5 Å². The van der Waals surface area contributed by atoms with Crippen LogP contribution >= 0.6 is 0 Å². The van der Waals surface area contributed by atoms with E-state index in [0.29, 0.717) is 59.9 Å². The Hall–Kier alpha value is -5.00. The maximum atomic E-state index is 14.2. The monoisotopic (exact) mass is 705 g/mol. The van der Waals surface area contributed by atoms with Crippen molar-refractivity contribution in [3.05, 3.63) is 65.5 Å². The average molecular weight is 706 g/mol. The van der Waals surface area contributed by atoms with Crippen molar-refractivity contribution in [2.75, 3.05) is 30.9 Å². The van der Waals surface area contributed by atoms with E-state index in [0.717, 1.165) is 16.8 Å². The van der Waals surface area contributed by atoms with Crippen LogP contribution in [0.3, 0.4) is 0 Å². The lowest BCUT2D eigenvalue weighted by Gasteiger charge is -2.39. The molecular weight excluding hydrogens is 657 g/mol. The number of ether oxygens (including phenoxy) is 5. The molecule has 0 aliphatic carbocycles. The summed E-state index contributed by atoms with van der Waals surface area (Å²) in [6, 6.07) is 12.7. The first-order valence-electron chi connectivity index (χ1n) is 17.2. The zero-order valence-electron chi connectivity index (χ0n) is 30.8. The maximum absolute atomic E-state index is 14.2. The molecule has 0 spiro atoms. The van der Waals surface area contributed by atoms with E-state index in [-0.39, 0.29) is 12.5 Å². The molecule has 0 radical (unpaired) electrons. The molecule has 3 aromatic rings. The second-order valence-corrected chi connectivity index (χ2v) is 14.4. The number of fused-ring (bicyclic) bond motifs is 1. The molecule has 2 aliphatic heterocycles. The lowest BCUT2D eigenvalue weighted by molar-refractivity contribution is -0.169. The quantitative estimate of drug-likeness (QED) is 0.168. The SMILES string of the molecule is CCC(OC(=O)C1CCCN1C(=O)OC(C)(C)C)Oc1ccc(-c2ccc3c(c2COc2cc(F)ccc2C)N(C)C(=O)C(C)(C)N3)c(OC)c1.